The third-order valence-corrected chi connectivity index (χ3v) is 4.45. The van der Waals surface area contributed by atoms with Crippen LogP contribution in [0.4, 0.5) is 5.69 Å². The second kappa shape index (κ2) is 5.35. The summed E-state index contributed by atoms with van der Waals surface area (Å²) in [7, 11) is 0. The number of hydrogen-bond donors (Lipinski definition) is 2. The second-order valence-electron chi connectivity index (χ2n) is 6.08. The van der Waals surface area contributed by atoms with Gasteiger partial charge in [0.25, 0.3) is 0 Å². The van der Waals surface area contributed by atoms with Crippen LogP contribution in [-0.4, -0.2) is 19.1 Å². The molecule has 108 valence electrons. The zero-order valence-corrected chi connectivity index (χ0v) is 11.7. The highest BCUT2D eigenvalue weighted by molar-refractivity contribution is 5.76. The molecule has 20 heavy (non-hydrogen) atoms. The van der Waals surface area contributed by atoms with Crippen molar-refractivity contribution in [3.05, 3.63) is 24.3 Å². The molecule has 2 fully saturated rings. The summed E-state index contributed by atoms with van der Waals surface area (Å²) in [5.41, 5.74) is 6.78. The molecule has 0 atom stereocenters. The Bertz CT molecular complexity index is 476. The van der Waals surface area contributed by atoms with E-state index in [1.54, 1.807) is 12.1 Å². The zero-order valence-electron chi connectivity index (χ0n) is 11.7. The molecule has 0 radical (unpaired) electrons. The molecule has 0 spiro atoms. The number of carbonyl (C=O) groups excluding carboxylic acids is 1. The topological polar surface area (TPSA) is 64.3 Å². The van der Waals surface area contributed by atoms with Crippen LogP contribution in [0.25, 0.3) is 0 Å². The SMILES string of the molecule is Nc1ccc(OCCC(=O)NCC2(C3CC3)CC2)cc1. The lowest BCUT2D eigenvalue weighted by Crippen LogP contribution is -2.32. The first kappa shape index (κ1) is 13.3. The van der Waals surface area contributed by atoms with Crippen LogP contribution in [0.1, 0.15) is 32.1 Å². The van der Waals surface area contributed by atoms with Gasteiger partial charge in [-0.2, -0.15) is 0 Å². The molecule has 1 aromatic carbocycles. The standard InChI is InChI=1S/C16H22N2O2/c17-13-3-5-14(6-4-13)20-10-7-15(19)18-11-16(8-9-16)12-1-2-12/h3-6,12H,1-2,7-11,17H2,(H,18,19). The van der Waals surface area contributed by atoms with Crippen molar-refractivity contribution in [3.63, 3.8) is 0 Å². The van der Waals surface area contributed by atoms with Crippen molar-refractivity contribution in [1.82, 2.24) is 5.32 Å². The summed E-state index contributed by atoms with van der Waals surface area (Å²) in [5, 5.41) is 3.06. The number of hydrogen-bond acceptors (Lipinski definition) is 3. The summed E-state index contributed by atoms with van der Waals surface area (Å²) in [4.78, 5) is 11.8. The predicted octanol–water partition coefficient (Wildman–Crippen LogP) is 2.34. The van der Waals surface area contributed by atoms with Gasteiger partial charge in [-0.3, -0.25) is 4.79 Å². The molecular formula is C16H22N2O2. The van der Waals surface area contributed by atoms with Crippen LogP contribution in [0.3, 0.4) is 0 Å². The van der Waals surface area contributed by atoms with Gasteiger partial charge < -0.3 is 15.8 Å². The smallest absolute Gasteiger partial charge is 0.223 e. The van der Waals surface area contributed by atoms with E-state index >= 15 is 0 Å². The van der Waals surface area contributed by atoms with Crippen LogP contribution >= 0.6 is 0 Å². The van der Waals surface area contributed by atoms with Crippen molar-refractivity contribution < 1.29 is 9.53 Å². The van der Waals surface area contributed by atoms with Crippen LogP contribution in [0.5, 0.6) is 5.75 Å². The third kappa shape index (κ3) is 3.24. The van der Waals surface area contributed by atoms with Gasteiger partial charge in [0.1, 0.15) is 5.75 Å². The van der Waals surface area contributed by atoms with E-state index in [-0.39, 0.29) is 5.91 Å². The number of amides is 1. The van der Waals surface area contributed by atoms with Gasteiger partial charge >= 0.3 is 0 Å². The number of nitrogen functional groups attached to an aromatic ring is 1. The van der Waals surface area contributed by atoms with E-state index in [1.807, 2.05) is 12.1 Å². The van der Waals surface area contributed by atoms with Gasteiger partial charge in [0.05, 0.1) is 13.0 Å². The lowest BCUT2D eigenvalue weighted by molar-refractivity contribution is -0.121. The summed E-state index contributed by atoms with van der Waals surface area (Å²) < 4.78 is 5.52. The first-order chi connectivity index (χ1) is 9.68. The largest absolute Gasteiger partial charge is 0.493 e. The lowest BCUT2D eigenvalue weighted by Gasteiger charge is -2.15. The number of anilines is 1. The van der Waals surface area contributed by atoms with Crippen LogP contribution in [0.2, 0.25) is 0 Å². The van der Waals surface area contributed by atoms with Gasteiger partial charge in [0.15, 0.2) is 0 Å². The third-order valence-electron chi connectivity index (χ3n) is 4.45. The Morgan fingerprint density at radius 1 is 1.30 bits per heavy atom. The summed E-state index contributed by atoms with van der Waals surface area (Å²) in [6.45, 7) is 1.27. The van der Waals surface area contributed by atoms with Gasteiger partial charge in [0, 0.05) is 12.2 Å². The van der Waals surface area contributed by atoms with Gasteiger partial charge in [0.2, 0.25) is 5.91 Å². The van der Waals surface area contributed by atoms with Crippen molar-refractivity contribution >= 4 is 11.6 Å². The Morgan fingerprint density at radius 3 is 2.60 bits per heavy atom. The van der Waals surface area contributed by atoms with Crippen LogP contribution in [0.15, 0.2) is 24.3 Å². The Morgan fingerprint density at radius 2 is 2.00 bits per heavy atom. The van der Waals surface area contributed by atoms with Crippen LogP contribution in [-0.2, 0) is 4.79 Å². The number of nitrogens with one attached hydrogen (secondary N) is 1. The first-order valence-electron chi connectivity index (χ1n) is 7.43. The molecule has 0 bridgehead atoms. The van der Waals surface area contributed by atoms with Gasteiger partial charge in [-0.05, 0) is 61.3 Å². The summed E-state index contributed by atoms with van der Waals surface area (Å²) >= 11 is 0. The molecule has 2 aliphatic carbocycles. The Balaban J connectivity index is 1.34. The maximum absolute atomic E-state index is 11.8. The highest BCUT2D eigenvalue weighted by Crippen LogP contribution is 2.60. The zero-order chi connectivity index (χ0) is 14.0. The molecule has 4 heteroatoms. The summed E-state index contributed by atoms with van der Waals surface area (Å²) in [6.07, 6.45) is 5.71. The minimum atomic E-state index is 0.0902. The number of nitrogens with two attached hydrogens (primary N) is 1. The normalized spacial score (nSPS) is 19.4. The maximum atomic E-state index is 11.8. The highest BCUT2D eigenvalue weighted by Gasteiger charge is 2.53. The van der Waals surface area contributed by atoms with E-state index in [0.717, 1.165) is 18.2 Å². The molecule has 0 unspecified atom stereocenters. The van der Waals surface area contributed by atoms with Crippen molar-refractivity contribution in [2.24, 2.45) is 11.3 Å². The molecule has 2 aliphatic rings. The molecule has 0 aromatic heterocycles. The van der Waals surface area contributed by atoms with Gasteiger partial charge in [-0.25, -0.2) is 0 Å². The van der Waals surface area contributed by atoms with E-state index in [1.165, 1.54) is 25.7 Å². The first-order valence-corrected chi connectivity index (χ1v) is 7.43. The minimum absolute atomic E-state index is 0.0902. The monoisotopic (exact) mass is 274 g/mol. The van der Waals surface area contributed by atoms with E-state index in [9.17, 15) is 4.79 Å². The van der Waals surface area contributed by atoms with E-state index in [0.29, 0.717) is 24.1 Å². The quantitative estimate of drug-likeness (QED) is 0.750. The lowest BCUT2D eigenvalue weighted by atomic mass is 10.0. The molecule has 1 aromatic rings. The van der Waals surface area contributed by atoms with Crippen molar-refractivity contribution in [3.8, 4) is 5.75 Å². The Hall–Kier alpha value is -1.71. The van der Waals surface area contributed by atoms with E-state index in [2.05, 4.69) is 5.32 Å². The fourth-order valence-electron chi connectivity index (χ4n) is 2.77. The molecule has 0 aliphatic heterocycles. The number of rotatable bonds is 7. The molecule has 0 saturated heterocycles. The van der Waals surface area contributed by atoms with Crippen LogP contribution in [0, 0.1) is 11.3 Å². The fourth-order valence-corrected chi connectivity index (χ4v) is 2.77. The molecule has 1 amide bonds. The van der Waals surface area contributed by atoms with E-state index < -0.39 is 0 Å². The maximum Gasteiger partial charge on any atom is 0.223 e. The number of benzene rings is 1. The van der Waals surface area contributed by atoms with E-state index in [4.69, 9.17) is 10.5 Å². The second-order valence-corrected chi connectivity index (χ2v) is 6.08. The summed E-state index contributed by atoms with van der Waals surface area (Å²) in [5.74, 6) is 1.73. The van der Waals surface area contributed by atoms with Gasteiger partial charge in [-0.1, -0.05) is 0 Å². The molecule has 4 nitrogen and oxygen atoms in total. The molecular weight excluding hydrogens is 252 g/mol. The minimum Gasteiger partial charge on any atom is -0.493 e. The van der Waals surface area contributed by atoms with Crippen molar-refractivity contribution in [2.45, 2.75) is 32.1 Å². The average molecular weight is 274 g/mol. The molecule has 3 N–H and O–H groups in total. The Kier molecular flexibility index (Phi) is 3.55. The number of carbonyl (C=O) groups is 1. The van der Waals surface area contributed by atoms with Crippen LogP contribution < -0.4 is 15.8 Å². The predicted molar refractivity (Wildman–Crippen MR) is 78.4 cm³/mol. The molecule has 2 saturated carbocycles. The summed E-state index contributed by atoms with van der Waals surface area (Å²) in [6, 6.07) is 7.23. The van der Waals surface area contributed by atoms with Crippen molar-refractivity contribution in [2.75, 3.05) is 18.9 Å². The Labute approximate surface area is 119 Å². The highest BCUT2D eigenvalue weighted by atomic mass is 16.5. The average Bonchev–Trinajstić information content (AvgIpc) is 3.31. The van der Waals surface area contributed by atoms with Gasteiger partial charge in [-0.15, -0.1) is 0 Å². The fraction of sp³-hybridized carbons (Fsp3) is 0.562. The molecule has 3 rings (SSSR count). The number of ether oxygens (including phenoxy) is 1. The van der Waals surface area contributed by atoms with Crippen molar-refractivity contribution in [1.29, 1.82) is 0 Å². The molecule has 0 heterocycles.